The molecule has 1 aliphatic heterocycles. The zero-order valence-electron chi connectivity index (χ0n) is 9.22. The van der Waals surface area contributed by atoms with Gasteiger partial charge in [0.2, 0.25) is 0 Å². The van der Waals surface area contributed by atoms with E-state index < -0.39 is 9.84 Å². The van der Waals surface area contributed by atoms with E-state index in [9.17, 15) is 13.2 Å². The number of hydrogen-bond acceptors (Lipinski definition) is 5. The normalized spacial score (nSPS) is 25.2. The van der Waals surface area contributed by atoms with E-state index in [-0.39, 0.29) is 23.4 Å². The lowest BCUT2D eigenvalue weighted by Gasteiger charge is -2.25. The Morgan fingerprint density at radius 3 is 2.44 bits per heavy atom. The maximum absolute atomic E-state index is 11.2. The number of sulfone groups is 1. The first-order chi connectivity index (χ1) is 7.57. The monoisotopic (exact) mass is 247 g/mol. The highest BCUT2D eigenvalue weighted by Crippen LogP contribution is 2.29. The number of hydrogen-bond donors (Lipinski definition) is 0. The Balaban J connectivity index is 1.61. The number of carbonyl (C=O) groups excluding carboxylic acids is 1. The van der Waals surface area contributed by atoms with Crippen molar-refractivity contribution in [2.75, 3.05) is 37.7 Å². The smallest absolute Gasteiger partial charge is 0.308 e. The fourth-order valence-electron chi connectivity index (χ4n) is 1.69. The van der Waals surface area contributed by atoms with E-state index in [2.05, 4.69) is 0 Å². The first-order valence-corrected chi connectivity index (χ1v) is 7.48. The molecule has 2 rings (SSSR count). The second-order valence-corrected chi connectivity index (χ2v) is 6.74. The third-order valence-corrected chi connectivity index (χ3v) is 4.61. The fraction of sp³-hybridized carbons (Fsp3) is 0.900. The molecule has 6 heteroatoms. The van der Waals surface area contributed by atoms with Gasteiger partial charge in [0.05, 0.1) is 17.4 Å². The van der Waals surface area contributed by atoms with Gasteiger partial charge in [-0.05, 0) is 12.8 Å². The van der Waals surface area contributed by atoms with E-state index in [4.69, 9.17) is 4.74 Å². The highest BCUT2D eigenvalue weighted by Gasteiger charge is 2.31. The second kappa shape index (κ2) is 4.71. The molecule has 0 atom stereocenters. The number of rotatable bonds is 4. The van der Waals surface area contributed by atoms with Crippen LogP contribution in [0.3, 0.4) is 0 Å². The lowest BCUT2D eigenvalue weighted by molar-refractivity contribution is -0.145. The second-order valence-electron chi connectivity index (χ2n) is 4.44. The molecule has 0 aromatic rings. The molecule has 2 aliphatic rings. The van der Waals surface area contributed by atoms with Crippen LogP contribution in [0.15, 0.2) is 0 Å². The molecule has 1 saturated heterocycles. The van der Waals surface area contributed by atoms with Crippen LogP contribution >= 0.6 is 0 Å². The summed E-state index contributed by atoms with van der Waals surface area (Å²) in [5, 5.41) is 0. The van der Waals surface area contributed by atoms with Crippen molar-refractivity contribution in [3.05, 3.63) is 0 Å². The summed E-state index contributed by atoms with van der Waals surface area (Å²) in [6, 6.07) is 0. The van der Waals surface area contributed by atoms with Gasteiger partial charge in [-0.1, -0.05) is 0 Å². The van der Waals surface area contributed by atoms with E-state index in [1.807, 2.05) is 4.90 Å². The SMILES string of the molecule is O=C(OCCN1CCS(=O)(=O)CC1)C1CC1. The van der Waals surface area contributed by atoms with Crippen LogP contribution in [0.2, 0.25) is 0 Å². The lowest BCUT2D eigenvalue weighted by Crippen LogP contribution is -2.41. The molecule has 0 aromatic carbocycles. The topological polar surface area (TPSA) is 63.7 Å². The van der Waals surface area contributed by atoms with Crippen molar-refractivity contribution in [2.24, 2.45) is 5.92 Å². The molecule has 0 aromatic heterocycles. The van der Waals surface area contributed by atoms with Gasteiger partial charge < -0.3 is 4.74 Å². The lowest BCUT2D eigenvalue weighted by atomic mass is 10.4. The maximum atomic E-state index is 11.2. The largest absolute Gasteiger partial charge is 0.464 e. The first-order valence-electron chi connectivity index (χ1n) is 5.66. The minimum Gasteiger partial charge on any atom is -0.464 e. The number of ether oxygens (including phenoxy) is 1. The number of esters is 1. The van der Waals surface area contributed by atoms with Crippen LogP contribution in [0.25, 0.3) is 0 Å². The van der Waals surface area contributed by atoms with E-state index in [0.29, 0.717) is 26.2 Å². The number of carbonyl (C=O) groups is 1. The summed E-state index contributed by atoms with van der Waals surface area (Å²) in [5.74, 6) is 0.499. The van der Waals surface area contributed by atoms with Crippen LogP contribution in [-0.4, -0.2) is 57.0 Å². The molecule has 1 saturated carbocycles. The Labute approximate surface area is 95.7 Å². The average Bonchev–Trinajstić information content (AvgIpc) is 3.04. The molecule has 2 fully saturated rings. The van der Waals surface area contributed by atoms with Gasteiger partial charge in [-0.25, -0.2) is 8.42 Å². The summed E-state index contributed by atoms with van der Waals surface area (Å²) in [4.78, 5) is 13.2. The van der Waals surface area contributed by atoms with Crippen molar-refractivity contribution in [3.63, 3.8) is 0 Å². The van der Waals surface area contributed by atoms with Crippen molar-refractivity contribution < 1.29 is 17.9 Å². The summed E-state index contributed by atoms with van der Waals surface area (Å²) in [6.07, 6.45) is 1.92. The quantitative estimate of drug-likeness (QED) is 0.637. The summed E-state index contributed by atoms with van der Waals surface area (Å²) >= 11 is 0. The standard InChI is InChI=1S/C10H17NO4S/c12-10(9-1-2-9)15-6-3-11-4-7-16(13,14)8-5-11/h9H,1-8H2. The predicted molar refractivity (Wildman–Crippen MR) is 58.8 cm³/mol. The Morgan fingerprint density at radius 1 is 1.25 bits per heavy atom. The zero-order valence-corrected chi connectivity index (χ0v) is 10.0. The Bertz CT molecular complexity index is 347. The van der Waals surface area contributed by atoms with E-state index in [1.54, 1.807) is 0 Å². The first kappa shape index (κ1) is 11.9. The van der Waals surface area contributed by atoms with Crippen LogP contribution in [0.5, 0.6) is 0 Å². The van der Waals surface area contributed by atoms with Gasteiger partial charge in [0.15, 0.2) is 9.84 Å². The zero-order chi connectivity index (χ0) is 11.6. The Morgan fingerprint density at radius 2 is 1.88 bits per heavy atom. The van der Waals surface area contributed by atoms with Crippen molar-refractivity contribution in [1.82, 2.24) is 4.90 Å². The van der Waals surface area contributed by atoms with Crippen LogP contribution in [0.1, 0.15) is 12.8 Å². The predicted octanol–water partition coefficient (Wildman–Crippen LogP) is -0.330. The van der Waals surface area contributed by atoms with E-state index >= 15 is 0 Å². The Kier molecular flexibility index (Phi) is 3.49. The van der Waals surface area contributed by atoms with Crippen LogP contribution in [-0.2, 0) is 19.4 Å². The van der Waals surface area contributed by atoms with Gasteiger partial charge in [0.25, 0.3) is 0 Å². The summed E-state index contributed by atoms with van der Waals surface area (Å²) in [6.45, 7) is 2.15. The fourth-order valence-corrected chi connectivity index (χ4v) is 2.96. The summed E-state index contributed by atoms with van der Waals surface area (Å²) in [7, 11) is -2.81. The maximum Gasteiger partial charge on any atom is 0.308 e. The molecule has 1 heterocycles. The van der Waals surface area contributed by atoms with Gasteiger partial charge >= 0.3 is 5.97 Å². The van der Waals surface area contributed by atoms with Crippen LogP contribution in [0.4, 0.5) is 0 Å². The molecular formula is C10H17NO4S. The average molecular weight is 247 g/mol. The highest BCUT2D eigenvalue weighted by molar-refractivity contribution is 7.91. The molecule has 0 bridgehead atoms. The molecule has 0 unspecified atom stereocenters. The van der Waals surface area contributed by atoms with Crippen LogP contribution in [0, 0.1) is 5.92 Å². The molecule has 0 N–H and O–H groups in total. The third kappa shape index (κ3) is 3.45. The minimum atomic E-state index is -2.81. The molecular weight excluding hydrogens is 230 g/mol. The highest BCUT2D eigenvalue weighted by atomic mass is 32.2. The molecule has 0 radical (unpaired) electrons. The van der Waals surface area contributed by atoms with Gasteiger partial charge in [-0.3, -0.25) is 9.69 Å². The molecule has 16 heavy (non-hydrogen) atoms. The van der Waals surface area contributed by atoms with E-state index in [1.165, 1.54) is 0 Å². The molecule has 0 spiro atoms. The van der Waals surface area contributed by atoms with Gasteiger partial charge in [-0.15, -0.1) is 0 Å². The van der Waals surface area contributed by atoms with Crippen molar-refractivity contribution in [3.8, 4) is 0 Å². The Hall–Kier alpha value is -0.620. The van der Waals surface area contributed by atoms with Crippen molar-refractivity contribution >= 4 is 15.8 Å². The van der Waals surface area contributed by atoms with Crippen molar-refractivity contribution in [2.45, 2.75) is 12.8 Å². The number of nitrogens with zero attached hydrogens (tertiary/aromatic N) is 1. The van der Waals surface area contributed by atoms with Gasteiger partial charge in [0.1, 0.15) is 6.61 Å². The van der Waals surface area contributed by atoms with E-state index in [0.717, 1.165) is 12.8 Å². The van der Waals surface area contributed by atoms with Gasteiger partial charge in [-0.2, -0.15) is 0 Å². The molecule has 1 aliphatic carbocycles. The molecule has 0 amide bonds. The van der Waals surface area contributed by atoms with Crippen LogP contribution < -0.4 is 0 Å². The van der Waals surface area contributed by atoms with Gasteiger partial charge in [0, 0.05) is 19.6 Å². The van der Waals surface area contributed by atoms with Crippen molar-refractivity contribution in [1.29, 1.82) is 0 Å². The third-order valence-electron chi connectivity index (χ3n) is 3.00. The minimum absolute atomic E-state index is 0.0929. The summed E-state index contributed by atoms with van der Waals surface area (Å²) < 4.78 is 27.4. The summed E-state index contributed by atoms with van der Waals surface area (Å²) in [5.41, 5.74) is 0. The molecule has 92 valence electrons. The molecule has 5 nitrogen and oxygen atoms in total.